The van der Waals surface area contributed by atoms with Crippen molar-refractivity contribution < 1.29 is 0 Å². The molecule has 0 fully saturated rings. The SMILES string of the molecule is CCN=Cc1ccc2ccc3ccc(C=NCC)nc3c2n1. The second-order valence-corrected chi connectivity index (χ2v) is 4.94. The summed E-state index contributed by atoms with van der Waals surface area (Å²) in [6.45, 7) is 5.53. The van der Waals surface area contributed by atoms with Gasteiger partial charge in [0.2, 0.25) is 0 Å². The van der Waals surface area contributed by atoms with Gasteiger partial charge in [-0.25, -0.2) is 9.97 Å². The Hall–Kier alpha value is -2.62. The molecule has 3 rings (SSSR count). The van der Waals surface area contributed by atoms with Gasteiger partial charge in [0.05, 0.1) is 22.4 Å². The fraction of sp³-hybridized carbons (Fsp3) is 0.222. The maximum Gasteiger partial charge on any atom is 0.0972 e. The van der Waals surface area contributed by atoms with Crippen LogP contribution in [-0.2, 0) is 0 Å². The number of aromatic nitrogens is 2. The van der Waals surface area contributed by atoms with Gasteiger partial charge in [-0.15, -0.1) is 0 Å². The molecule has 0 aliphatic rings. The zero-order valence-electron chi connectivity index (χ0n) is 12.8. The third-order valence-electron chi connectivity index (χ3n) is 3.38. The summed E-state index contributed by atoms with van der Waals surface area (Å²) < 4.78 is 0. The monoisotopic (exact) mass is 290 g/mol. The first-order valence-electron chi connectivity index (χ1n) is 7.52. The van der Waals surface area contributed by atoms with Crippen molar-refractivity contribution >= 4 is 34.2 Å². The Kier molecular flexibility index (Phi) is 4.19. The Morgan fingerprint density at radius 3 is 1.55 bits per heavy atom. The maximum absolute atomic E-state index is 4.71. The normalized spacial score (nSPS) is 12.1. The van der Waals surface area contributed by atoms with E-state index in [0.29, 0.717) is 0 Å². The second-order valence-electron chi connectivity index (χ2n) is 4.94. The molecule has 2 aromatic heterocycles. The largest absolute Gasteiger partial charge is 0.291 e. The average Bonchev–Trinajstić information content (AvgIpc) is 2.57. The summed E-state index contributed by atoms with van der Waals surface area (Å²) in [5, 5.41) is 2.16. The summed E-state index contributed by atoms with van der Waals surface area (Å²) in [5.41, 5.74) is 3.53. The van der Waals surface area contributed by atoms with Crippen LogP contribution in [0.2, 0.25) is 0 Å². The van der Waals surface area contributed by atoms with E-state index in [0.717, 1.165) is 46.3 Å². The average molecular weight is 290 g/mol. The van der Waals surface area contributed by atoms with Crippen LogP contribution < -0.4 is 0 Å². The molecule has 1 aromatic carbocycles. The van der Waals surface area contributed by atoms with E-state index >= 15 is 0 Å². The van der Waals surface area contributed by atoms with Crippen LogP contribution in [0.3, 0.4) is 0 Å². The van der Waals surface area contributed by atoms with Crippen LogP contribution in [0.1, 0.15) is 25.2 Å². The lowest BCUT2D eigenvalue weighted by Gasteiger charge is -2.04. The minimum atomic E-state index is 0.755. The van der Waals surface area contributed by atoms with Gasteiger partial charge in [-0.3, -0.25) is 9.98 Å². The van der Waals surface area contributed by atoms with Crippen LogP contribution in [0, 0.1) is 0 Å². The lowest BCUT2D eigenvalue weighted by atomic mass is 10.1. The van der Waals surface area contributed by atoms with Gasteiger partial charge in [0.25, 0.3) is 0 Å². The molecule has 3 aromatic rings. The van der Waals surface area contributed by atoms with Gasteiger partial charge in [0.1, 0.15) is 0 Å². The van der Waals surface area contributed by atoms with Crippen LogP contribution in [0.4, 0.5) is 0 Å². The minimum Gasteiger partial charge on any atom is -0.291 e. The third-order valence-corrected chi connectivity index (χ3v) is 3.38. The number of benzene rings is 1. The van der Waals surface area contributed by atoms with Crippen LogP contribution in [0.15, 0.2) is 46.4 Å². The highest BCUT2D eigenvalue weighted by molar-refractivity contribution is 6.04. The first-order valence-corrected chi connectivity index (χ1v) is 7.52. The smallest absolute Gasteiger partial charge is 0.0972 e. The molecule has 0 radical (unpaired) electrons. The molecule has 0 atom stereocenters. The third kappa shape index (κ3) is 2.86. The van der Waals surface area contributed by atoms with Gasteiger partial charge < -0.3 is 0 Å². The van der Waals surface area contributed by atoms with E-state index in [2.05, 4.69) is 34.3 Å². The standard InChI is InChI=1S/C18H18N4/c1-3-19-11-15-9-7-13-5-6-14-8-10-16(12-20-4-2)22-18(14)17(13)21-15/h5-12H,3-4H2,1-2H3. The molecule has 110 valence electrons. The lowest BCUT2D eigenvalue weighted by molar-refractivity contribution is 1.13. The number of fused-ring (bicyclic) bond motifs is 3. The highest BCUT2D eigenvalue weighted by Crippen LogP contribution is 2.22. The lowest BCUT2D eigenvalue weighted by Crippen LogP contribution is -1.94. The first-order chi connectivity index (χ1) is 10.8. The van der Waals surface area contributed by atoms with E-state index in [1.54, 1.807) is 12.4 Å². The van der Waals surface area contributed by atoms with Crippen LogP contribution in [0.25, 0.3) is 21.8 Å². The molecule has 0 amide bonds. The van der Waals surface area contributed by atoms with Crippen LogP contribution in [0.5, 0.6) is 0 Å². The second kappa shape index (κ2) is 6.43. The Labute approximate surface area is 129 Å². The van der Waals surface area contributed by atoms with E-state index in [-0.39, 0.29) is 0 Å². The molecule has 2 heterocycles. The molecule has 22 heavy (non-hydrogen) atoms. The zero-order valence-corrected chi connectivity index (χ0v) is 12.8. The predicted molar refractivity (Wildman–Crippen MR) is 93.3 cm³/mol. The van der Waals surface area contributed by atoms with Crippen molar-refractivity contribution in [2.24, 2.45) is 9.98 Å². The highest BCUT2D eigenvalue weighted by atomic mass is 14.8. The quantitative estimate of drug-likeness (QED) is 0.544. The van der Waals surface area contributed by atoms with E-state index in [9.17, 15) is 0 Å². The minimum absolute atomic E-state index is 0.755. The summed E-state index contributed by atoms with van der Waals surface area (Å²) in [6.07, 6.45) is 3.61. The molecule has 0 aliphatic heterocycles. The number of aliphatic imine (C=N–C) groups is 2. The summed E-state index contributed by atoms with van der Waals surface area (Å²) in [4.78, 5) is 17.9. The molecule has 0 spiro atoms. The molecule has 0 unspecified atom stereocenters. The number of hydrogen-bond donors (Lipinski definition) is 0. The molecule has 4 heteroatoms. The summed E-state index contributed by atoms with van der Waals surface area (Å²) in [6, 6.07) is 12.2. The summed E-state index contributed by atoms with van der Waals surface area (Å²) in [7, 11) is 0. The van der Waals surface area contributed by atoms with Crippen molar-refractivity contribution in [2.75, 3.05) is 13.1 Å². The molecule has 0 N–H and O–H groups in total. The molecule has 4 nitrogen and oxygen atoms in total. The molecule has 0 saturated carbocycles. The maximum atomic E-state index is 4.71. The zero-order chi connectivity index (χ0) is 15.4. The highest BCUT2D eigenvalue weighted by Gasteiger charge is 2.05. The number of pyridine rings is 2. The van der Waals surface area contributed by atoms with Gasteiger partial charge in [-0.1, -0.05) is 24.3 Å². The van der Waals surface area contributed by atoms with Crippen molar-refractivity contribution in [3.63, 3.8) is 0 Å². The van der Waals surface area contributed by atoms with Gasteiger partial charge in [-0.2, -0.15) is 0 Å². The number of nitrogens with zero attached hydrogens (tertiary/aromatic N) is 4. The molecule has 0 bridgehead atoms. The van der Waals surface area contributed by atoms with E-state index in [1.165, 1.54) is 0 Å². The Bertz CT molecular complexity index is 793. The van der Waals surface area contributed by atoms with Crippen molar-refractivity contribution in [3.05, 3.63) is 47.8 Å². The van der Waals surface area contributed by atoms with Gasteiger partial charge in [0.15, 0.2) is 0 Å². The van der Waals surface area contributed by atoms with Crippen molar-refractivity contribution in [3.8, 4) is 0 Å². The topological polar surface area (TPSA) is 50.5 Å². The van der Waals surface area contributed by atoms with E-state index in [4.69, 9.17) is 9.97 Å². The fourth-order valence-electron chi connectivity index (χ4n) is 2.31. The first kappa shape index (κ1) is 14.3. The summed E-state index contributed by atoms with van der Waals surface area (Å²) >= 11 is 0. The predicted octanol–water partition coefficient (Wildman–Crippen LogP) is 3.66. The fourth-order valence-corrected chi connectivity index (χ4v) is 2.31. The number of rotatable bonds is 4. The van der Waals surface area contributed by atoms with Crippen molar-refractivity contribution in [1.29, 1.82) is 0 Å². The van der Waals surface area contributed by atoms with Crippen LogP contribution >= 0.6 is 0 Å². The Morgan fingerprint density at radius 2 is 1.14 bits per heavy atom. The molecular weight excluding hydrogens is 272 g/mol. The van der Waals surface area contributed by atoms with Crippen LogP contribution in [-0.4, -0.2) is 35.5 Å². The van der Waals surface area contributed by atoms with E-state index in [1.807, 2.05) is 26.0 Å². The molecular formula is C18H18N4. The number of hydrogen-bond acceptors (Lipinski definition) is 4. The Balaban J connectivity index is 2.21. The van der Waals surface area contributed by atoms with Crippen molar-refractivity contribution in [2.45, 2.75) is 13.8 Å². The summed E-state index contributed by atoms with van der Waals surface area (Å²) in [5.74, 6) is 0. The van der Waals surface area contributed by atoms with Gasteiger partial charge in [-0.05, 0) is 26.0 Å². The van der Waals surface area contributed by atoms with Crippen molar-refractivity contribution in [1.82, 2.24) is 9.97 Å². The van der Waals surface area contributed by atoms with Gasteiger partial charge in [0, 0.05) is 36.3 Å². The molecule has 0 saturated heterocycles. The van der Waals surface area contributed by atoms with Gasteiger partial charge >= 0.3 is 0 Å². The van der Waals surface area contributed by atoms with E-state index < -0.39 is 0 Å². The Morgan fingerprint density at radius 1 is 0.727 bits per heavy atom. The molecule has 0 aliphatic carbocycles.